The fourth-order valence-electron chi connectivity index (χ4n) is 3.79. The van der Waals surface area contributed by atoms with Crippen molar-refractivity contribution in [2.45, 2.75) is 44.9 Å². The lowest BCUT2D eigenvalue weighted by Crippen LogP contribution is -2.60. The molecule has 160 valence electrons. The number of rotatable bonds is 7. The minimum Gasteiger partial charge on any atom is -0.445 e. The van der Waals surface area contributed by atoms with E-state index in [4.69, 9.17) is 9.47 Å². The van der Waals surface area contributed by atoms with Gasteiger partial charge in [-0.1, -0.05) is 49.4 Å². The Kier molecular flexibility index (Phi) is 7.11. The van der Waals surface area contributed by atoms with Gasteiger partial charge in [-0.15, -0.1) is 0 Å². The molecule has 0 saturated carbocycles. The number of nitrogens with one attached hydrogen (secondary N) is 1. The van der Waals surface area contributed by atoms with E-state index in [0.29, 0.717) is 31.5 Å². The monoisotopic (exact) mass is 410 g/mol. The lowest BCUT2D eigenvalue weighted by molar-refractivity contribution is -0.0570. The van der Waals surface area contributed by atoms with Crippen molar-refractivity contribution >= 4 is 17.6 Å². The van der Waals surface area contributed by atoms with Crippen LogP contribution < -0.4 is 5.32 Å². The molecule has 0 radical (unpaired) electrons. The summed E-state index contributed by atoms with van der Waals surface area (Å²) in [5.41, 5.74) is 1.82. The Bertz CT molecular complexity index is 871. The van der Waals surface area contributed by atoms with Gasteiger partial charge in [0, 0.05) is 31.3 Å². The van der Waals surface area contributed by atoms with E-state index >= 15 is 0 Å². The van der Waals surface area contributed by atoms with Gasteiger partial charge in [0.25, 0.3) is 0 Å². The molecule has 1 N–H and O–H groups in total. The van der Waals surface area contributed by atoms with E-state index in [0.717, 1.165) is 11.3 Å². The highest BCUT2D eigenvalue weighted by Crippen LogP contribution is 2.30. The molecule has 1 heterocycles. The first kappa shape index (κ1) is 21.8. The zero-order valence-electron chi connectivity index (χ0n) is 17.9. The molecule has 1 amide bonds. The molecule has 6 nitrogen and oxygen atoms in total. The van der Waals surface area contributed by atoms with E-state index in [9.17, 15) is 9.59 Å². The van der Waals surface area contributed by atoms with Crippen LogP contribution in [0, 0.1) is 0 Å². The fourth-order valence-corrected chi connectivity index (χ4v) is 3.79. The van der Waals surface area contributed by atoms with E-state index in [-0.39, 0.29) is 24.5 Å². The maximum atomic E-state index is 12.6. The molecule has 0 aliphatic carbocycles. The first-order valence-electron chi connectivity index (χ1n) is 10.4. The average molecular weight is 411 g/mol. The summed E-state index contributed by atoms with van der Waals surface area (Å²) in [5.74, 6) is 0.0964. The second kappa shape index (κ2) is 9.76. The summed E-state index contributed by atoms with van der Waals surface area (Å²) in [6.07, 6.45) is 0.785. The maximum Gasteiger partial charge on any atom is 0.410 e. The van der Waals surface area contributed by atoms with E-state index in [2.05, 4.69) is 5.32 Å². The van der Waals surface area contributed by atoms with E-state index in [1.807, 2.05) is 68.4 Å². The summed E-state index contributed by atoms with van der Waals surface area (Å²) in [7, 11) is 1.65. The SMILES string of the molecule is CCC(=O)c1ccccc1NC1CCN(C(=O)OCc2ccccc2)CC1(C)OC. The van der Waals surface area contributed by atoms with E-state index in [1.54, 1.807) is 12.0 Å². The molecule has 6 heteroatoms. The Hall–Kier alpha value is -2.86. The maximum absolute atomic E-state index is 12.6. The predicted octanol–water partition coefficient (Wildman–Crippen LogP) is 4.51. The second-order valence-electron chi connectivity index (χ2n) is 7.79. The quantitative estimate of drug-likeness (QED) is 0.681. The van der Waals surface area contributed by atoms with Crippen molar-refractivity contribution in [3.05, 3.63) is 65.7 Å². The summed E-state index contributed by atoms with van der Waals surface area (Å²) in [4.78, 5) is 26.6. The van der Waals surface area contributed by atoms with Crippen LogP contribution in [0.25, 0.3) is 0 Å². The molecule has 0 aromatic heterocycles. The topological polar surface area (TPSA) is 67.9 Å². The zero-order valence-corrected chi connectivity index (χ0v) is 17.9. The number of benzene rings is 2. The van der Waals surface area contributed by atoms with Crippen molar-refractivity contribution in [3.8, 4) is 0 Å². The summed E-state index contributed by atoms with van der Waals surface area (Å²) in [6, 6.07) is 17.1. The average Bonchev–Trinajstić information content (AvgIpc) is 2.79. The highest BCUT2D eigenvalue weighted by Gasteiger charge is 2.42. The van der Waals surface area contributed by atoms with Crippen LogP contribution in [-0.4, -0.2) is 48.6 Å². The van der Waals surface area contributed by atoms with Crippen molar-refractivity contribution < 1.29 is 19.1 Å². The number of ether oxygens (including phenoxy) is 2. The molecule has 2 aromatic rings. The molecule has 30 heavy (non-hydrogen) atoms. The van der Waals surface area contributed by atoms with Crippen LogP contribution in [-0.2, 0) is 16.1 Å². The minimum absolute atomic E-state index is 0.0496. The number of anilines is 1. The standard InChI is InChI=1S/C24H30N2O4/c1-4-21(27)19-12-8-9-13-20(19)25-22-14-15-26(17-24(22,2)29-3)23(28)30-16-18-10-6-5-7-11-18/h5-13,22,25H,4,14-17H2,1-3H3. The Morgan fingerprint density at radius 3 is 2.53 bits per heavy atom. The van der Waals surface area contributed by atoms with Crippen molar-refractivity contribution in [2.24, 2.45) is 0 Å². The van der Waals surface area contributed by atoms with Crippen LogP contribution in [0.2, 0.25) is 0 Å². The van der Waals surface area contributed by atoms with Crippen LogP contribution in [0.3, 0.4) is 0 Å². The fraction of sp³-hybridized carbons (Fsp3) is 0.417. The molecule has 2 atom stereocenters. The molecule has 1 fully saturated rings. The molecular weight excluding hydrogens is 380 g/mol. The number of carbonyl (C=O) groups is 2. The summed E-state index contributed by atoms with van der Waals surface area (Å²) in [5, 5.41) is 3.50. The Balaban J connectivity index is 1.66. The number of amides is 1. The molecule has 0 bridgehead atoms. The largest absolute Gasteiger partial charge is 0.445 e. The summed E-state index contributed by atoms with van der Waals surface area (Å²) in [6.45, 7) is 5.03. The number of ketones is 1. The van der Waals surface area contributed by atoms with Gasteiger partial charge in [-0.05, 0) is 31.0 Å². The second-order valence-corrected chi connectivity index (χ2v) is 7.79. The molecule has 2 aromatic carbocycles. The number of likely N-dealkylation sites (tertiary alicyclic amines) is 1. The minimum atomic E-state index is -0.619. The van der Waals surface area contributed by atoms with Gasteiger partial charge in [-0.25, -0.2) is 4.79 Å². The number of methoxy groups -OCH3 is 1. The Labute approximate surface area is 178 Å². The van der Waals surface area contributed by atoms with Gasteiger partial charge < -0.3 is 19.7 Å². The van der Waals surface area contributed by atoms with Gasteiger partial charge in [0.1, 0.15) is 12.2 Å². The third-order valence-electron chi connectivity index (χ3n) is 5.74. The number of Topliss-reactive ketones (excluding diaryl/α,β-unsaturated/α-hetero) is 1. The van der Waals surface area contributed by atoms with Crippen molar-refractivity contribution in [1.82, 2.24) is 4.90 Å². The van der Waals surface area contributed by atoms with Crippen LogP contribution in [0.5, 0.6) is 0 Å². The number of piperidine rings is 1. The molecule has 2 unspecified atom stereocenters. The Morgan fingerprint density at radius 1 is 1.13 bits per heavy atom. The van der Waals surface area contributed by atoms with Gasteiger partial charge in [0.2, 0.25) is 0 Å². The van der Waals surface area contributed by atoms with Gasteiger partial charge in [-0.2, -0.15) is 0 Å². The van der Waals surface area contributed by atoms with Crippen molar-refractivity contribution in [1.29, 1.82) is 0 Å². The first-order valence-corrected chi connectivity index (χ1v) is 10.4. The lowest BCUT2D eigenvalue weighted by atomic mass is 9.88. The summed E-state index contributed by atoms with van der Waals surface area (Å²) >= 11 is 0. The third kappa shape index (κ3) is 5.00. The summed E-state index contributed by atoms with van der Waals surface area (Å²) < 4.78 is 11.3. The van der Waals surface area contributed by atoms with E-state index < -0.39 is 5.60 Å². The number of hydrogen-bond acceptors (Lipinski definition) is 5. The zero-order chi connectivity index (χ0) is 21.6. The number of hydrogen-bond donors (Lipinski definition) is 1. The van der Waals surface area contributed by atoms with Crippen LogP contribution >= 0.6 is 0 Å². The molecule has 1 saturated heterocycles. The molecule has 1 aliphatic rings. The van der Waals surface area contributed by atoms with Gasteiger partial charge in [0.15, 0.2) is 5.78 Å². The van der Waals surface area contributed by atoms with Gasteiger partial charge >= 0.3 is 6.09 Å². The highest BCUT2D eigenvalue weighted by molar-refractivity contribution is 6.01. The molecule has 0 spiro atoms. The van der Waals surface area contributed by atoms with Gasteiger partial charge in [-0.3, -0.25) is 4.79 Å². The number of para-hydroxylation sites is 1. The highest BCUT2D eigenvalue weighted by atomic mass is 16.6. The molecule has 3 rings (SSSR count). The normalized spacial score (nSPS) is 21.2. The van der Waals surface area contributed by atoms with Crippen LogP contribution in [0.4, 0.5) is 10.5 Å². The number of nitrogens with zero attached hydrogens (tertiary/aromatic N) is 1. The first-order chi connectivity index (χ1) is 14.5. The number of carbonyl (C=O) groups excluding carboxylic acids is 2. The Morgan fingerprint density at radius 2 is 1.83 bits per heavy atom. The van der Waals surface area contributed by atoms with E-state index in [1.165, 1.54) is 0 Å². The lowest BCUT2D eigenvalue weighted by Gasteiger charge is -2.45. The third-order valence-corrected chi connectivity index (χ3v) is 5.74. The van der Waals surface area contributed by atoms with Crippen molar-refractivity contribution in [2.75, 3.05) is 25.5 Å². The predicted molar refractivity (Wildman–Crippen MR) is 117 cm³/mol. The van der Waals surface area contributed by atoms with Crippen LogP contribution in [0.1, 0.15) is 42.6 Å². The molecule has 1 aliphatic heterocycles. The van der Waals surface area contributed by atoms with Crippen LogP contribution in [0.15, 0.2) is 54.6 Å². The smallest absolute Gasteiger partial charge is 0.410 e. The van der Waals surface area contributed by atoms with Gasteiger partial charge in [0.05, 0.1) is 12.6 Å². The molecular formula is C24H30N2O4. The van der Waals surface area contributed by atoms with Crippen molar-refractivity contribution in [3.63, 3.8) is 0 Å².